The first-order chi connectivity index (χ1) is 6.91. The molecule has 0 aliphatic rings. The van der Waals surface area contributed by atoms with Gasteiger partial charge in [0.15, 0.2) is 0 Å². The van der Waals surface area contributed by atoms with E-state index >= 15 is 0 Å². The highest BCUT2D eigenvalue weighted by Crippen LogP contribution is 2.20. The Morgan fingerprint density at radius 3 is 2.40 bits per heavy atom. The second-order valence-electron chi connectivity index (χ2n) is 2.76. The molecule has 0 bridgehead atoms. The van der Waals surface area contributed by atoms with Gasteiger partial charge in [0.2, 0.25) is 5.78 Å². The van der Waals surface area contributed by atoms with Crippen LogP contribution in [0.1, 0.15) is 5.56 Å². The van der Waals surface area contributed by atoms with E-state index in [2.05, 4.69) is 15.9 Å². The van der Waals surface area contributed by atoms with Gasteiger partial charge in [-0.2, -0.15) is 0 Å². The Kier molecular flexibility index (Phi) is 3.52. The van der Waals surface area contributed by atoms with Gasteiger partial charge in [-0.25, -0.2) is 13.6 Å². The van der Waals surface area contributed by atoms with Crippen LogP contribution in [-0.4, -0.2) is 16.9 Å². The minimum absolute atomic E-state index is 0.0773. The Morgan fingerprint density at radius 2 is 1.87 bits per heavy atom. The van der Waals surface area contributed by atoms with Gasteiger partial charge in [0, 0.05) is 6.42 Å². The number of Topliss-reactive ketones (excluding diaryl/α,β-unsaturated/α-hetero) is 1. The number of ketones is 1. The van der Waals surface area contributed by atoms with E-state index in [-0.39, 0.29) is 10.0 Å². The molecule has 6 heteroatoms. The Morgan fingerprint density at radius 1 is 1.27 bits per heavy atom. The third-order valence-electron chi connectivity index (χ3n) is 1.68. The standard InChI is InChI=1S/C9H5BrF2O3/c10-5-3-6(11)4(1-7(5)12)2-8(13)9(14)15/h1,3H,2H2,(H,14,15). The fraction of sp³-hybridized carbons (Fsp3) is 0.111. The maximum atomic E-state index is 13.1. The lowest BCUT2D eigenvalue weighted by Crippen LogP contribution is -2.16. The van der Waals surface area contributed by atoms with Crippen molar-refractivity contribution in [3.63, 3.8) is 0 Å². The molecule has 0 saturated carbocycles. The molecule has 0 spiro atoms. The summed E-state index contributed by atoms with van der Waals surface area (Å²) in [5.41, 5.74) is -0.275. The van der Waals surface area contributed by atoms with Crippen molar-refractivity contribution in [3.05, 3.63) is 33.8 Å². The first kappa shape index (κ1) is 11.8. The highest BCUT2D eigenvalue weighted by molar-refractivity contribution is 9.10. The summed E-state index contributed by atoms with van der Waals surface area (Å²) in [6.45, 7) is 0. The van der Waals surface area contributed by atoms with Crippen molar-refractivity contribution in [2.75, 3.05) is 0 Å². The molecule has 0 unspecified atom stereocenters. The summed E-state index contributed by atoms with van der Waals surface area (Å²) in [6, 6.07) is 1.64. The van der Waals surface area contributed by atoms with Crippen LogP contribution in [0.4, 0.5) is 8.78 Å². The van der Waals surface area contributed by atoms with Crippen LogP contribution in [0.5, 0.6) is 0 Å². The summed E-state index contributed by atoms with van der Waals surface area (Å²) in [5, 5.41) is 8.28. The molecule has 0 aromatic heterocycles. The molecule has 1 rings (SSSR count). The summed E-state index contributed by atoms with van der Waals surface area (Å²) < 4.78 is 26.0. The molecule has 1 aromatic carbocycles. The molecule has 0 aliphatic heterocycles. The normalized spacial score (nSPS) is 10.1. The SMILES string of the molecule is O=C(O)C(=O)Cc1cc(F)c(Br)cc1F. The molecular weight excluding hydrogens is 274 g/mol. The number of aliphatic carboxylic acids is 1. The maximum Gasteiger partial charge on any atom is 0.372 e. The highest BCUT2D eigenvalue weighted by Gasteiger charge is 2.16. The number of carboxylic acids is 1. The van der Waals surface area contributed by atoms with Gasteiger partial charge in [-0.3, -0.25) is 4.79 Å². The number of carboxylic acid groups (broad SMARTS) is 1. The van der Waals surface area contributed by atoms with Gasteiger partial charge in [-0.05, 0) is 33.6 Å². The molecule has 15 heavy (non-hydrogen) atoms. The van der Waals surface area contributed by atoms with E-state index in [0.29, 0.717) is 0 Å². The van der Waals surface area contributed by atoms with Crippen LogP contribution in [-0.2, 0) is 16.0 Å². The number of carbonyl (C=O) groups excluding carboxylic acids is 1. The van der Waals surface area contributed by atoms with Gasteiger partial charge in [0.25, 0.3) is 0 Å². The number of rotatable bonds is 3. The molecule has 0 heterocycles. The summed E-state index contributed by atoms with van der Waals surface area (Å²) in [4.78, 5) is 21.0. The van der Waals surface area contributed by atoms with Gasteiger partial charge >= 0.3 is 5.97 Å². The minimum atomic E-state index is -1.67. The van der Waals surface area contributed by atoms with Crippen LogP contribution in [0.25, 0.3) is 0 Å². The molecular formula is C9H5BrF2O3. The van der Waals surface area contributed by atoms with E-state index < -0.39 is 29.8 Å². The number of carbonyl (C=O) groups is 2. The van der Waals surface area contributed by atoms with E-state index in [4.69, 9.17) is 5.11 Å². The topological polar surface area (TPSA) is 54.4 Å². The second-order valence-corrected chi connectivity index (χ2v) is 3.62. The van der Waals surface area contributed by atoms with Crippen LogP contribution in [0.2, 0.25) is 0 Å². The molecule has 80 valence electrons. The van der Waals surface area contributed by atoms with Crippen molar-refractivity contribution >= 4 is 27.7 Å². The predicted molar refractivity (Wildman–Crippen MR) is 50.4 cm³/mol. The summed E-state index contributed by atoms with van der Waals surface area (Å²) in [5.74, 6) is -4.42. The monoisotopic (exact) mass is 278 g/mol. The molecule has 0 amide bonds. The van der Waals surface area contributed by atoms with Crippen molar-refractivity contribution in [3.8, 4) is 0 Å². The van der Waals surface area contributed by atoms with Gasteiger partial charge in [-0.15, -0.1) is 0 Å². The van der Waals surface area contributed by atoms with Gasteiger partial charge in [0.1, 0.15) is 11.6 Å². The zero-order chi connectivity index (χ0) is 11.6. The van der Waals surface area contributed by atoms with E-state index in [1.54, 1.807) is 0 Å². The average molecular weight is 279 g/mol. The van der Waals surface area contributed by atoms with Gasteiger partial charge in [0.05, 0.1) is 4.47 Å². The predicted octanol–water partition coefficient (Wildman–Crippen LogP) is 1.92. The number of hydrogen-bond acceptors (Lipinski definition) is 2. The fourth-order valence-electron chi connectivity index (χ4n) is 0.948. The largest absolute Gasteiger partial charge is 0.475 e. The van der Waals surface area contributed by atoms with Gasteiger partial charge < -0.3 is 5.11 Å². The molecule has 3 nitrogen and oxygen atoms in total. The fourth-order valence-corrected chi connectivity index (χ4v) is 1.26. The van der Waals surface area contributed by atoms with Crippen LogP contribution in [0.3, 0.4) is 0 Å². The van der Waals surface area contributed by atoms with Crippen LogP contribution < -0.4 is 0 Å². The minimum Gasteiger partial charge on any atom is -0.475 e. The van der Waals surface area contributed by atoms with Crippen molar-refractivity contribution in [1.82, 2.24) is 0 Å². The Labute approximate surface area is 91.8 Å². The lowest BCUT2D eigenvalue weighted by Gasteiger charge is -2.02. The van der Waals surface area contributed by atoms with E-state index in [1.807, 2.05) is 0 Å². The zero-order valence-corrected chi connectivity index (χ0v) is 8.85. The molecule has 1 N–H and O–H groups in total. The molecule has 0 radical (unpaired) electrons. The Bertz CT molecular complexity index is 432. The van der Waals surface area contributed by atoms with Crippen molar-refractivity contribution in [1.29, 1.82) is 0 Å². The van der Waals surface area contributed by atoms with E-state index in [1.165, 1.54) is 0 Å². The summed E-state index contributed by atoms with van der Waals surface area (Å²) >= 11 is 2.76. The summed E-state index contributed by atoms with van der Waals surface area (Å²) in [6.07, 6.45) is -0.661. The molecule has 0 saturated heterocycles. The first-order valence-corrected chi connectivity index (χ1v) is 4.60. The van der Waals surface area contributed by atoms with Crippen LogP contribution in [0, 0.1) is 11.6 Å². The van der Waals surface area contributed by atoms with Gasteiger partial charge in [-0.1, -0.05) is 0 Å². The van der Waals surface area contributed by atoms with E-state index in [9.17, 15) is 18.4 Å². The lowest BCUT2D eigenvalue weighted by molar-refractivity contribution is -0.148. The molecule has 0 atom stereocenters. The number of benzene rings is 1. The third kappa shape index (κ3) is 2.82. The number of halogens is 3. The first-order valence-electron chi connectivity index (χ1n) is 3.81. The zero-order valence-electron chi connectivity index (χ0n) is 7.26. The van der Waals surface area contributed by atoms with Crippen LogP contribution >= 0.6 is 15.9 Å². The molecule has 0 fully saturated rings. The third-order valence-corrected chi connectivity index (χ3v) is 2.29. The van der Waals surface area contributed by atoms with Crippen molar-refractivity contribution in [2.45, 2.75) is 6.42 Å². The smallest absolute Gasteiger partial charge is 0.372 e. The van der Waals surface area contributed by atoms with Crippen molar-refractivity contribution < 1.29 is 23.5 Å². The highest BCUT2D eigenvalue weighted by atomic mass is 79.9. The average Bonchev–Trinajstić information content (AvgIpc) is 2.13. The summed E-state index contributed by atoms with van der Waals surface area (Å²) in [7, 11) is 0. The van der Waals surface area contributed by atoms with Crippen LogP contribution in [0.15, 0.2) is 16.6 Å². The maximum absolute atomic E-state index is 13.1. The second kappa shape index (κ2) is 4.48. The lowest BCUT2D eigenvalue weighted by atomic mass is 10.1. The van der Waals surface area contributed by atoms with Crippen molar-refractivity contribution in [2.24, 2.45) is 0 Å². The number of hydrogen-bond donors (Lipinski definition) is 1. The quantitative estimate of drug-likeness (QED) is 0.679. The molecule has 1 aromatic rings. The molecule has 0 aliphatic carbocycles. The Hall–Kier alpha value is -1.30. The van der Waals surface area contributed by atoms with E-state index in [0.717, 1.165) is 12.1 Å². The Balaban J connectivity index is 3.01.